The van der Waals surface area contributed by atoms with Crippen molar-refractivity contribution < 1.29 is 0 Å². The first-order valence-corrected chi connectivity index (χ1v) is 3.75. The summed E-state index contributed by atoms with van der Waals surface area (Å²) in [6.45, 7) is 1.91. The Labute approximate surface area is 70.3 Å². The average molecular weight is 159 g/mol. The van der Waals surface area contributed by atoms with Crippen molar-refractivity contribution in [1.29, 1.82) is 0 Å². The van der Waals surface area contributed by atoms with Crippen LogP contribution in [0.3, 0.4) is 0 Å². The molecule has 0 unspecified atom stereocenters. The van der Waals surface area contributed by atoms with Crippen LogP contribution in [0, 0.1) is 6.92 Å². The number of aryl methyl sites for hydroxylation is 1. The highest BCUT2D eigenvalue weighted by Crippen LogP contribution is 2.15. The van der Waals surface area contributed by atoms with Gasteiger partial charge in [-0.05, 0) is 19.1 Å². The molecular weight excluding hydrogens is 150 g/mol. The van der Waals surface area contributed by atoms with Crippen LogP contribution in [-0.2, 0) is 0 Å². The van der Waals surface area contributed by atoms with Gasteiger partial charge in [0.25, 0.3) is 0 Å². The Hall–Kier alpha value is -1.64. The van der Waals surface area contributed by atoms with Crippen molar-refractivity contribution in [2.45, 2.75) is 6.92 Å². The first-order valence-electron chi connectivity index (χ1n) is 3.75. The van der Waals surface area contributed by atoms with Gasteiger partial charge in [-0.1, -0.05) is 6.07 Å². The Morgan fingerprint density at radius 1 is 1.42 bits per heavy atom. The largest absolute Gasteiger partial charge is 0.384 e. The maximum atomic E-state index is 5.59. The summed E-state index contributed by atoms with van der Waals surface area (Å²) in [5.74, 6) is 0.549. The Balaban J connectivity index is 2.89. The van der Waals surface area contributed by atoms with Crippen LogP contribution in [0.5, 0.6) is 0 Å². The van der Waals surface area contributed by atoms with Gasteiger partial charge in [0, 0.05) is 11.6 Å². The van der Waals surface area contributed by atoms with Gasteiger partial charge in [0.15, 0.2) is 0 Å². The third-order valence-corrected chi connectivity index (χ3v) is 1.78. The lowest BCUT2D eigenvalue weighted by molar-refractivity contribution is 1.21. The van der Waals surface area contributed by atoms with Crippen LogP contribution in [-0.4, -0.2) is 9.97 Å². The first-order chi connectivity index (χ1) is 5.77. The van der Waals surface area contributed by atoms with E-state index < -0.39 is 0 Å². The SMILES string of the molecule is Cc1nc(N)cc2cccnc12. The summed E-state index contributed by atoms with van der Waals surface area (Å²) < 4.78 is 0. The van der Waals surface area contributed by atoms with E-state index in [1.54, 1.807) is 6.20 Å². The van der Waals surface area contributed by atoms with Gasteiger partial charge < -0.3 is 5.73 Å². The average Bonchev–Trinajstić information content (AvgIpc) is 2.04. The third kappa shape index (κ3) is 0.993. The molecule has 0 spiro atoms. The van der Waals surface area contributed by atoms with Gasteiger partial charge in [0.05, 0.1) is 11.2 Å². The van der Waals surface area contributed by atoms with E-state index in [1.165, 1.54) is 0 Å². The van der Waals surface area contributed by atoms with Crippen molar-refractivity contribution >= 4 is 16.7 Å². The third-order valence-electron chi connectivity index (χ3n) is 1.78. The molecule has 0 radical (unpaired) electrons. The van der Waals surface area contributed by atoms with Crippen LogP contribution in [0.1, 0.15) is 5.69 Å². The van der Waals surface area contributed by atoms with Crippen molar-refractivity contribution in [3.63, 3.8) is 0 Å². The monoisotopic (exact) mass is 159 g/mol. The molecule has 0 atom stereocenters. The Morgan fingerprint density at radius 2 is 2.25 bits per heavy atom. The molecule has 2 aromatic rings. The summed E-state index contributed by atoms with van der Waals surface area (Å²) in [6.07, 6.45) is 1.76. The number of nitrogens with two attached hydrogens (primary N) is 1. The molecule has 0 bridgehead atoms. The van der Waals surface area contributed by atoms with Gasteiger partial charge in [-0.2, -0.15) is 0 Å². The van der Waals surface area contributed by atoms with Crippen LogP contribution < -0.4 is 5.73 Å². The molecule has 0 saturated heterocycles. The number of fused-ring (bicyclic) bond motifs is 1. The van der Waals surface area contributed by atoms with Crippen LogP contribution in [0.15, 0.2) is 24.4 Å². The standard InChI is InChI=1S/C9H9N3/c1-6-9-7(3-2-4-11-9)5-8(10)12-6/h2-5H,1H3,(H2,10,12). The smallest absolute Gasteiger partial charge is 0.124 e. The van der Waals surface area contributed by atoms with E-state index in [0.717, 1.165) is 16.6 Å². The zero-order chi connectivity index (χ0) is 8.55. The predicted molar refractivity (Wildman–Crippen MR) is 48.7 cm³/mol. The van der Waals surface area contributed by atoms with Gasteiger partial charge >= 0.3 is 0 Å². The van der Waals surface area contributed by atoms with Gasteiger partial charge in [0.1, 0.15) is 5.82 Å². The number of rotatable bonds is 0. The summed E-state index contributed by atoms with van der Waals surface area (Å²) in [4.78, 5) is 8.32. The molecule has 60 valence electrons. The minimum atomic E-state index is 0.549. The molecule has 0 aliphatic rings. The van der Waals surface area contributed by atoms with Gasteiger partial charge in [-0.25, -0.2) is 4.98 Å². The number of anilines is 1. The fourth-order valence-electron chi connectivity index (χ4n) is 1.27. The minimum Gasteiger partial charge on any atom is -0.384 e. The highest BCUT2D eigenvalue weighted by atomic mass is 14.9. The molecule has 0 aliphatic carbocycles. The second kappa shape index (κ2) is 2.44. The molecule has 2 rings (SSSR count). The zero-order valence-corrected chi connectivity index (χ0v) is 6.78. The van der Waals surface area contributed by atoms with E-state index in [2.05, 4.69) is 9.97 Å². The molecule has 0 aliphatic heterocycles. The Kier molecular flexibility index (Phi) is 1.43. The summed E-state index contributed by atoms with van der Waals surface area (Å²) in [7, 11) is 0. The fourth-order valence-corrected chi connectivity index (χ4v) is 1.27. The fraction of sp³-hybridized carbons (Fsp3) is 0.111. The van der Waals surface area contributed by atoms with Crippen LogP contribution in [0.2, 0.25) is 0 Å². The molecule has 0 amide bonds. The maximum Gasteiger partial charge on any atom is 0.124 e. The van der Waals surface area contributed by atoms with E-state index in [1.807, 2.05) is 25.1 Å². The van der Waals surface area contributed by atoms with E-state index >= 15 is 0 Å². The van der Waals surface area contributed by atoms with Crippen molar-refractivity contribution in [2.24, 2.45) is 0 Å². The number of hydrogen-bond acceptors (Lipinski definition) is 3. The summed E-state index contributed by atoms with van der Waals surface area (Å²) in [5.41, 5.74) is 7.39. The molecule has 0 saturated carbocycles. The molecule has 0 aromatic carbocycles. The van der Waals surface area contributed by atoms with Gasteiger partial charge in [0.2, 0.25) is 0 Å². The number of aromatic nitrogens is 2. The van der Waals surface area contributed by atoms with Crippen molar-refractivity contribution in [2.75, 3.05) is 5.73 Å². The maximum absolute atomic E-state index is 5.59. The van der Waals surface area contributed by atoms with Crippen molar-refractivity contribution in [3.8, 4) is 0 Å². The Morgan fingerprint density at radius 3 is 3.08 bits per heavy atom. The topological polar surface area (TPSA) is 51.8 Å². The number of pyridine rings is 2. The molecule has 0 fully saturated rings. The summed E-state index contributed by atoms with van der Waals surface area (Å²) in [5, 5.41) is 1.04. The van der Waals surface area contributed by atoms with Crippen LogP contribution >= 0.6 is 0 Å². The lowest BCUT2D eigenvalue weighted by atomic mass is 10.2. The van der Waals surface area contributed by atoms with Crippen LogP contribution in [0.4, 0.5) is 5.82 Å². The first kappa shape index (κ1) is 7.03. The lowest BCUT2D eigenvalue weighted by Gasteiger charge is -2.00. The summed E-state index contributed by atoms with van der Waals surface area (Å²) in [6, 6.07) is 5.70. The molecular formula is C9H9N3. The lowest BCUT2D eigenvalue weighted by Crippen LogP contribution is -1.94. The molecule has 3 heteroatoms. The Bertz CT molecular complexity index is 423. The highest BCUT2D eigenvalue weighted by molar-refractivity contribution is 5.82. The number of nitrogen functional groups attached to an aromatic ring is 1. The van der Waals surface area contributed by atoms with E-state index in [4.69, 9.17) is 5.73 Å². The van der Waals surface area contributed by atoms with Crippen molar-refractivity contribution in [3.05, 3.63) is 30.1 Å². The van der Waals surface area contributed by atoms with E-state index in [0.29, 0.717) is 5.82 Å². The highest BCUT2D eigenvalue weighted by Gasteiger charge is 1.99. The second-order valence-corrected chi connectivity index (χ2v) is 2.71. The van der Waals surface area contributed by atoms with E-state index in [9.17, 15) is 0 Å². The second-order valence-electron chi connectivity index (χ2n) is 2.71. The van der Waals surface area contributed by atoms with Crippen molar-refractivity contribution in [1.82, 2.24) is 9.97 Å². The van der Waals surface area contributed by atoms with E-state index in [-0.39, 0.29) is 0 Å². The number of hydrogen-bond donors (Lipinski definition) is 1. The molecule has 12 heavy (non-hydrogen) atoms. The predicted octanol–water partition coefficient (Wildman–Crippen LogP) is 1.52. The zero-order valence-electron chi connectivity index (χ0n) is 6.78. The van der Waals surface area contributed by atoms with Crippen LogP contribution in [0.25, 0.3) is 10.9 Å². The minimum absolute atomic E-state index is 0.549. The normalized spacial score (nSPS) is 10.4. The van der Waals surface area contributed by atoms with Gasteiger partial charge in [-0.15, -0.1) is 0 Å². The quantitative estimate of drug-likeness (QED) is 0.634. The van der Waals surface area contributed by atoms with Gasteiger partial charge in [-0.3, -0.25) is 4.98 Å². The number of nitrogens with zero attached hydrogens (tertiary/aromatic N) is 2. The summed E-state index contributed by atoms with van der Waals surface area (Å²) >= 11 is 0. The molecule has 2 aromatic heterocycles. The molecule has 2 heterocycles. The molecule has 2 N–H and O–H groups in total. The molecule has 3 nitrogen and oxygen atoms in total.